The van der Waals surface area contributed by atoms with Crippen LogP contribution in [-0.2, 0) is 4.79 Å². The van der Waals surface area contributed by atoms with E-state index in [2.05, 4.69) is 38.3 Å². The Labute approximate surface area is 131 Å². The van der Waals surface area contributed by atoms with Crippen molar-refractivity contribution in [1.29, 1.82) is 0 Å². The zero-order valence-corrected chi connectivity index (χ0v) is 12.4. The molecule has 2 aromatic rings. The van der Waals surface area contributed by atoms with Crippen molar-refractivity contribution in [3.05, 3.63) is 59.6 Å². The number of likely N-dealkylation sites (tertiary alicyclic amines) is 1. The van der Waals surface area contributed by atoms with E-state index in [0.717, 1.165) is 10.5 Å². The van der Waals surface area contributed by atoms with Crippen LogP contribution in [0.15, 0.2) is 48.2 Å². The molecular weight excluding hydrogens is 296 g/mol. The third-order valence-electron chi connectivity index (χ3n) is 3.64. The molecule has 1 aromatic heterocycles. The molecular formula is C15H14N6O2. The molecule has 0 radical (unpaired) electrons. The number of hydrogen-bond donors (Lipinski definition) is 2. The number of amides is 3. The van der Waals surface area contributed by atoms with Crippen LogP contribution in [0.1, 0.15) is 30.4 Å². The molecule has 1 aliphatic heterocycles. The van der Waals surface area contributed by atoms with Crippen LogP contribution in [0.4, 0.5) is 4.79 Å². The first-order valence-corrected chi connectivity index (χ1v) is 6.95. The molecule has 1 aromatic carbocycles. The van der Waals surface area contributed by atoms with Gasteiger partial charge in [0.15, 0.2) is 0 Å². The molecule has 0 spiro atoms. The summed E-state index contributed by atoms with van der Waals surface area (Å²) in [7, 11) is 0. The molecule has 8 heteroatoms. The van der Waals surface area contributed by atoms with Gasteiger partial charge < -0.3 is 5.32 Å². The van der Waals surface area contributed by atoms with Crippen LogP contribution in [-0.4, -0.2) is 37.5 Å². The topological polar surface area (TPSA) is 104 Å². The molecule has 0 aliphatic carbocycles. The molecule has 0 bridgehead atoms. The maximum absolute atomic E-state index is 12.4. The number of aromatic nitrogens is 4. The molecule has 23 heavy (non-hydrogen) atoms. The summed E-state index contributed by atoms with van der Waals surface area (Å²) in [6.45, 7) is 5.31. The molecule has 1 saturated heterocycles. The fourth-order valence-corrected chi connectivity index (χ4v) is 2.42. The Morgan fingerprint density at radius 3 is 2.78 bits per heavy atom. The number of nitrogens with zero attached hydrogens (tertiary/aromatic N) is 4. The lowest BCUT2D eigenvalue weighted by molar-refractivity contribution is -0.133. The molecule has 3 amide bonds. The highest BCUT2D eigenvalue weighted by Crippen LogP contribution is 2.37. The number of hydrogen-bond acceptors (Lipinski definition) is 5. The number of carbonyl (C=O) groups excluding carboxylic acids is 2. The van der Waals surface area contributed by atoms with Crippen LogP contribution in [0.3, 0.4) is 0 Å². The summed E-state index contributed by atoms with van der Waals surface area (Å²) in [5, 5.41) is 16.2. The zero-order valence-electron chi connectivity index (χ0n) is 12.4. The second-order valence-electron chi connectivity index (χ2n) is 5.02. The van der Waals surface area contributed by atoms with Crippen LogP contribution in [0.25, 0.3) is 0 Å². The molecule has 1 aliphatic rings. The van der Waals surface area contributed by atoms with Crippen molar-refractivity contribution in [1.82, 2.24) is 30.8 Å². The lowest BCUT2D eigenvalue weighted by Gasteiger charge is -2.38. The van der Waals surface area contributed by atoms with Gasteiger partial charge in [-0.05, 0) is 12.5 Å². The number of carbonyl (C=O) groups is 2. The fourth-order valence-electron chi connectivity index (χ4n) is 2.42. The summed E-state index contributed by atoms with van der Waals surface area (Å²) >= 11 is 0. The van der Waals surface area contributed by atoms with Crippen molar-refractivity contribution in [3.63, 3.8) is 0 Å². The summed E-state index contributed by atoms with van der Waals surface area (Å²) < 4.78 is 0. The van der Waals surface area contributed by atoms with E-state index in [1.165, 1.54) is 0 Å². The lowest BCUT2D eigenvalue weighted by atomic mass is 9.95. The molecule has 0 unspecified atom stereocenters. The predicted molar refractivity (Wildman–Crippen MR) is 79.8 cm³/mol. The first-order chi connectivity index (χ1) is 11.1. The normalized spacial score (nSPS) is 18.1. The van der Waals surface area contributed by atoms with Gasteiger partial charge in [0.25, 0.3) is 5.91 Å². The van der Waals surface area contributed by atoms with Crippen LogP contribution >= 0.6 is 0 Å². The van der Waals surface area contributed by atoms with Gasteiger partial charge in [-0.1, -0.05) is 42.1 Å². The number of aromatic amines is 1. The number of rotatable bonds is 3. The first-order valence-electron chi connectivity index (χ1n) is 6.95. The average molecular weight is 310 g/mol. The van der Waals surface area contributed by atoms with Crippen molar-refractivity contribution in [2.45, 2.75) is 19.0 Å². The monoisotopic (exact) mass is 310 g/mol. The third kappa shape index (κ3) is 2.51. The number of H-pyrrole nitrogens is 1. The van der Waals surface area contributed by atoms with Gasteiger partial charge in [0.2, 0.25) is 5.82 Å². The smallest absolute Gasteiger partial charge is 0.325 e. The standard InChI is InChI=1S/C15H14N6O2/c1-3-11-12(13-17-19-20-18-13)21(14(11)22)15(23)16-9(2)10-7-5-4-6-8-10/h4-9,12H,1H2,2H3,(H,16,23)(H,17,18,19,20)/t9-,12+/m1/s1. The molecule has 3 rings (SSSR count). The summed E-state index contributed by atoms with van der Waals surface area (Å²) in [6.07, 6.45) is 0. The summed E-state index contributed by atoms with van der Waals surface area (Å²) in [6, 6.07) is 7.95. The zero-order chi connectivity index (χ0) is 16.4. The summed E-state index contributed by atoms with van der Waals surface area (Å²) in [5.74, 6) is -0.245. The average Bonchev–Trinajstić information content (AvgIpc) is 3.07. The minimum Gasteiger partial charge on any atom is -0.331 e. The minimum atomic E-state index is -0.721. The van der Waals surface area contributed by atoms with Crippen molar-refractivity contribution in [2.75, 3.05) is 0 Å². The number of imide groups is 1. The molecule has 2 heterocycles. The van der Waals surface area contributed by atoms with Crippen LogP contribution < -0.4 is 5.32 Å². The quantitative estimate of drug-likeness (QED) is 0.504. The molecule has 0 saturated carbocycles. The van der Waals surface area contributed by atoms with E-state index < -0.39 is 18.0 Å². The second kappa shape index (κ2) is 5.86. The summed E-state index contributed by atoms with van der Waals surface area (Å²) in [4.78, 5) is 25.6. The van der Waals surface area contributed by atoms with Gasteiger partial charge in [0.1, 0.15) is 6.04 Å². The molecule has 2 N–H and O–H groups in total. The number of β-lactam (4-membered cyclic amide) rings is 1. The van der Waals surface area contributed by atoms with Crippen molar-refractivity contribution in [3.8, 4) is 0 Å². The van der Waals surface area contributed by atoms with E-state index in [9.17, 15) is 9.59 Å². The van der Waals surface area contributed by atoms with Gasteiger partial charge in [0, 0.05) is 0 Å². The number of urea groups is 1. The highest BCUT2D eigenvalue weighted by molar-refractivity contribution is 6.11. The van der Waals surface area contributed by atoms with Crippen molar-refractivity contribution in [2.24, 2.45) is 0 Å². The van der Waals surface area contributed by atoms with Crippen molar-refractivity contribution >= 4 is 11.9 Å². The largest absolute Gasteiger partial charge is 0.331 e. The lowest BCUT2D eigenvalue weighted by Crippen LogP contribution is -2.56. The maximum atomic E-state index is 12.4. The van der Waals surface area contributed by atoms with E-state index in [4.69, 9.17) is 0 Å². The highest BCUT2D eigenvalue weighted by atomic mass is 16.2. The molecule has 8 nitrogen and oxygen atoms in total. The van der Waals surface area contributed by atoms with Crippen LogP contribution in [0.5, 0.6) is 0 Å². The van der Waals surface area contributed by atoms with E-state index in [1.54, 1.807) is 0 Å². The van der Waals surface area contributed by atoms with Crippen LogP contribution in [0.2, 0.25) is 0 Å². The van der Waals surface area contributed by atoms with Gasteiger partial charge in [0.05, 0.1) is 11.6 Å². The second-order valence-corrected chi connectivity index (χ2v) is 5.02. The Morgan fingerprint density at radius 2 is 2.17 bits per heavy atom. The van der Waals surface area contributed by atoms with Gasteiger partial charge in [-0.3, -0.25) is 4.79 Å². The van der Waals surface area contributed by atoms with Crippen molar-refractivity contribution < 1.29 is 9.59 Å². The SMILES string of the molecule is C=C=C1C(=O)N(C(=O)N[C@H](C)c2ccccc2)[C@@H]1c1nn[nH]n1. The number of benzene rings is 1. The Balaban J connectivity index is 1.79. The highest BCUT2D eigenvalue weighted by Gasteiger charge is 2.49. The van der Waals surface area contributed by atoms with E-state index in [1.807, 2.05) is 37.3 Å². The summed E-state index contributed by atoms with van der Waals surface area (Å²) in [5.41, 5.74) is 3.71. The van der Waals surface area contributed by atoms with Gasteiger partial charge in [-0.25, -0.2) is 9.69 Å². The Kier molecular flexibility index (Phi) is 3.74. The Bertz CT molecular complexity index is 780. The maximum Gasteiger partial charge on any atom is 0.325 e. The van der Waals surface area contributed by atoms with E-state index >= 15 is 0 Å². The van der Waals surface area contributed by atoms with E-state index in [0.29, 0.717) is 0 Å². The molecule has 1 fully saturated rings. The van der Waals surface area contributed by atoms with Gasteiger partial charge in [-0.15, -0.1) is 15.9 Å². The van der Waals surface area contributed by atoms with Crippen LogP contribution in [0, 0.1) is 0 Å². The van der Waals surface area contributed by atoms with E-state index in [-0.39, 0.29) is 17.4 Å². The predicted octanol–water partition coefficient (Wildman–Crippen LogP) is 1.27. The fraction of sp³-hybridized carbons (Fsp3) is 0.200. The first kappa shape index (κ1) is 14.7. The molecule has 2 atom stereocenters. The minimum absolute atomic E-state index is 0.221. The Morgan fingerprint density at radius 1 is 1.43 bits per heavy atom. The molecule has 116 valence electrons. The number of nitrogens with one attached hydrogen (secondary N) is 2. The van der Waals surface area contributed by atoms with Gasteiger partial charge >= 0.3 is 6.03 Å². The third-order valence-corrected chi connectivity index (χ3v) is 3.64. The Hall–Kier alpha value is -3.25. The number of tetrazole rings is 1. The van der Waals surface area contributed by atoms with Gasteiger partial charge in [-0.2, -0.15) is 5.21 Å².